The van der Waals surface area contributed by atoms with Crippen LogP contribution in [0.3, 0.4) is 0 Å². The molecule has 0 saturated carbocycles. The Morgan fingerprint density at radius 2 is 1.94 bits per heavy atom. The van der Waals surface area contributed by atoms with E-state index in [2.05, 4.69) is 10.4 Å². The molecule has 1 unspecified atom stereocenters. The number of halogens is 1. The van der Waals surface area contributed by atoms with E-state index >= 15 is 0 Å². The smallest absolute Gasteiger partial charge is 0.437 e. The molecular formula is C20H16FN3O7. The van der Waals surface area contributed by atoms with E-state index in [1.54, 1.807) is 18.2 Å². The maximum atomic E-state index is 13.0. The summed E-state index contributed by atoms with van der Waals surface area (Å²) in [6.07, 6.45) is -1.14. The molecule has 4 rings (SSSR count). The molecular weight excluding hydrogens is 413 g/mol. The average Bonchev–Trinajstić information content (AvgIpc) is 3.34. The summed E-state index contributed by atoms with van der Waals surface area (Å²) >= 11 is 0. The van der Waals surface area contributed by atoms with Crippen molar-refractivity contribution in [1.82, 2.24) is 9.78 Å². The van der Waals surface area contributed by atoms with Gasteiger partial charge in [0.25, 0.3) is 5.91 Å². The molecule has 1 amide bonds. The van der Waals surface area contributed by atoms with Crippen molar-refractivity contribution in [2.45, 2.75) is 19.6 Å². The molecule has 1 aliphatic heterocycles. The normalized spacial score (nSPS) is 13.0. The van der Waals surface area contributed by atoms with Crippen LogP contribution in [-0.4, -0.2) is 34.6 Å². The first kappa shape index (κ1) is 20.1. The molecule has 1 N–H and O–H groups in total. The highest BCUT2D eigenvalue weighted by molar-refractivity contribution is 5.95. The van der Waals surface area contributed by atoms with Crippen LogP contribution in [0.2, 0.25) is 0 Å². The predicted octanol–water partition coefficient (Wildman–Crippen LogP) is 1.94. The highest BCUT2D eigenvalue weighted by atomic mass is 19.1. The van der Waals surface area contributed by atoms with Gasteiger partial charge >= 0.3 is 11.7 Å². The van der Waals surface area contributed by atoms with Crippen molar-refractivity contribution in [3.63, 3.8) is 0 Å². The predicted molar refractivity (Wildman–Crippen MR) is 103 cm³/mol. The molecule has 0 fully saturated rings. The molecule has 0 aliphatic carbocycles. The minimum Gasteiger partial charge on any atom is -0.454 e. The number of rotatable bonds is 6. The lowest BCUT2D eigenvalue weighted by molar-refractivity contribution is -0.154. The lowest BCUT2D eigenvalue weighted by Gasteiger charge is -2.13. The van der Waals surface area contributed by atoms with Crippen LogP contribution in [-0.2, 0) is 20.9 Å². The van der Waals surface area contributed by atoms with Gasteiger partial charge in [-0.2, -0.15) is 4.68 Å². The van der Waals surface area contributed by atoms with E-state index in [0.29, 0.717) is 22.7 Å². The van der Waals surface area contributed by atoms with Gasteiger partial charge in [-0.1, -0.05) is 0 Å². The van der Waals surface area contributed by atoms with Crippen LogP contribution in [0.25, 0.3) is 11.5 Å². The first-order valence-corrected chi connectivity index (χ1v) is 9.13. The topological polar surface area (TPSA) is 122 Å². The van der Waals surface area contributed by atoms with Gasteiger partial charge in [0.2, 0.25) is 12.7 Å². The summed E-state index contributed by atoms with van der Waals surface area (Å²) in [5.74, 6) is -1.82. The molecule has 31 heavy (non-hydrogen) atoms. The molecule has 0 spiro atoms. The Bertz CT molecular complexity index is 1190. The summed E-state index contributed by atoms with van der Waals surface area (Å²) in [5, 5.41) is 6.49. The van der Waals surface area contributed by atoms with Gasteiger partial charge in [-0.05, 0) is 43.3 Å². The molecule has 3 aromatic rings. The highest BCUT2D eigenvalue weighted by Gasteiger charge is 2.21. The second kappa shape index (κ2) is 8.30. The number of amides is 1. The number of nitrogens with zero attached hydrogens (tertiary/aromatic N) is 2. The molecule has 0 saturated heterocycles. The molecule has 10 nitrogen and oxygen atoms in total. The minimum absolute atomic E-state index is 0.0774. The molecule has 11 heteroatoms. The van der Waals surface area contributed by atoms with Crippen molar-refractivity contribution in [1.29, 1.82) is 0 Å². The number of benzene rings is 2. The van der Waals surface area contributed by atoms with Crippen LogP contribution in [0.1, 0.15) is 6.92 Å². The average molecular weight is 429 g/mol. The molecule has 1 aromatic heterocycles. The second-order valence-electron chi connectivity index (χ2n) is 6.53. The van der Waals surface area contributed by atoms with Crippen molar-refractivity contribution in [3.8, 4) is 23.0 Å². The number of carbonyl (C=O) groups is 2. The van der Waals surface area contributed by atoms with Gasteiger partial charge in [-0.3, -0.25) is 9.59 Å². The molecule has 2 aromatic carbocycles. The number of aromatic nitrogens is 2. The Kier molecular flexibility index (Phi) is 5.39. The SMILES string of the molecule is CC(OC(=O)Cn1nc(-c2ccc(F)cc2)oc1=O)C(=O)Nc1ccc2c(c1)OCO2. The number of ether oxygens (including phenoxy) is 3. The third kappa shape index (κ3) is 4.55. The summed E-state index contributed by atoms with van der Waals surface area (Å²) in [6.45, 7) is 0.923. The number of hydrogen-bond donors (Lipinski definition) is 1. The van der Waals surface area contributed by atoms with Gasteiger partial charge in [0, 0.05) is 17.3 Å². The Labute approximate surface area is 174 Å². The number of anilines is 1. The van der Waals surface area contributed by atoms with E-state index in [0.717, 1.165) is 4.68 Å². The molecule has 1 atom stereocenters. The summed E-state index contributed by atoms with van der Waals surface area (Å²) in [5.41, 5.74) is 0.802. The molecule has 0 radical (unpaired) electrons. The van der Waals surface area contributed by atoms with Crippen LogP contribution in [0.5, 0.6) is 11.5 Å². The van der Waals surface area contributed by atoms with Gasteiger partial charge in [0.15, 0.2) is 17.6 Å². The van der Waals surface area contributed by atoms with Crippen LogP contribution in [0.4, 0.5) is 10.1 Å². The zero-order chi connectivity index (χ0) is 22.0. The number of hydrogen-bond acceptors (Lipinski definition) is 8. The first-order chi connectivity index (χ1) is 14.9. The summed E-state index contributed by atoms with van der Waals surface area (Å²) in [4.78, 5) is 36.4. The highest BCUT2D eigenvalue weighted by Crippen LogP contribution is 2.34. The summed E-state index contributed by atoms with van der Waals surface area (Å²) < 4.78 is 34.2. The third-order valence-electron chi connectivity index (χ3n) is 4.29. The van der Waals surface area contributed by atoms with Crippen LogP contribution < -0.4 is 20.5 Å². The largest absolute Gasteiger partial charge is 0.454 e. The lowest BCUT2D eigenvalue weighted by Crippen LogP contribution is -2.32. The van der Waals surface area contributed by atoms with Crippen LogP contribution in [0.15, 0.2) is 51.7 Å². The molecule has 2 heterocycles. The standard InChI is InChI=1S/C20H16FN3O7/c1-11(18(26)22-14-6-7-15-16(8-14)29-10-28-15)30-17(25)9-24-20(27)31-19(23-24)12-2-4-13(21)5-3-12/h2-8,11H,9-10H2,1H3,(H,22,26). The van der Waals surface area contributed by atoms with Crippen molar-refractivity contribution >= 4 is 17.6 Å². The fourth-order valence-electron chi connectivity index (χ4n) is 2.74. The van der Waals surface area contributed by atoms with E-state index in [1.807, 2.05) is 0 Å². The van der Waals surface area contributed by atoms with Crippen LogP contribution in [0, 0.1) is 5.82 Å². The monoisotopic (exact) mass is 429 g/mol. The van der Waals surface area contributed by atoms with Crippen molar-refractivity contribution < 1.29 is 32.6 Å². The van der Waals surface area contributed by atoms with Gasteiger partial charge < -0.3 is 23.9 Å². The summed E-state index contributed by atoms with van der Waals surface area (Å²) in [6, 6.07) is 9.97. The first-order valence-electron chi connectivity index (χ1n) is 9.13. The Balaban J connectivity index is 1.35. The van der Waals surface area contributed by atoms with E-state index in [-0.39, 0.29) is 12.7 Å². The van der Waals surface area contributed by atoms with E-state index in [1.165, 1.54) is 31.2 Å². The van der Waals surface area contributed by atoms with Gasteiger partial charge in [-0.25, -0.2) is 9.18 Å². The second-order valence-corrected chi connectivity index (χ2v) is 6.53. The van der Waals surface area contributed by atoms with Gasteiger partial charge in [-0.15, -0.1) is 5.10 Å². The van der Waals surface area contributed by atoms with Crippen molar-refractivity contribution in [2.75, 3.05) is 12.1 Å². The Morgan fingerprint density at radius 3 is 2.71 bits per heavy atom. The fourth-order valence-corrected chi connectivity index (χ4v) is 2.74. The number of esters is 1. The number of nitrogens with one attached hydrogen (secondary N) is 1. The Morgan fingerprint density at radius 1 is 1.19 bits per heavy atom. The molecule has 0 bridgehead atoms. The third-order valence-corrected chi connectivity index (χ3v) is 4.29. The van der Waals surface area contributed by atoms with Gasteiger partial charge in [0.1, 0.15) is 12.4 Å². The molecule has 1 aliphatic rings. The van der Waals surface area contributed by atoms with E-state index in [4.69, 9.17) is 18.6 Å². The number of carbonyl (C=O) groups excluding carboxylic acids is 2. The minimum atomic E-state index is -1.14. The zero-order valence-electron chi connectivity index (χ0n) is 16.2. The fraction of sp³-hybridized carbons (Fsp3) is 0.200. The van der Waals surface area contributed by atoms with Crippen molar-refractivity contribution in [3.05, 3.63) is 58.8 Å². The molecule has 160 valence electrons. The lowest BCUT2D eigenvalue weighted by atomic mass is 10.2. The Hall–Kier alpha value is -4.15. The van der Waals surface area contributed by atoms with Crippen molar-refractivity contribution in [2.24, 2.45) is 0 Å². The number of fused-ring (bicyclic) bond motifs is 1. The maximum Gasteiger partial charge on any atom is 0.437 e. The quantitative estimate of drug-likeness (QED) is 0.590. The summed E-state index contributed by atoms with van der Waals surface area (Å²) in [7, 11) is 0. The zero-order valence-corrected chi connectivity index (χ0v) is 16.2. The van der Waals surface area contributed by atoms with Gasteiger partial charge in [0.05, 0.1) is 0 Å². The van der Waals surface area contributed by atoms with Crippen LogP contribution >= 0.6 is 0 Å². The van der Waals surface area contributed by atoms with E-state index < -0.39 is 36.1 Å². The maximum absolute atomic E-state index is 13.0. The van der Waals surface area contributed by atoms with E-state index in [9.17, 15) is 18.8 Å².